The Morgan fingerprint density at radius 1 is 1.50 bits per heavy atom. The number of rotatable bonds is 4. The van der Waals surface area contributed by atoms with Gasteiger partial charge in [-0.15, -0.1) is 0 Å². The number of hydrogen-bond acceptors (Lipinski definition) is 3. The highest BCUT2D eigenvalue weighted by Gasteiger charge is 2.28. The van der Waals surface area contributed by atoms with Gasteiger partial charge in [0.2, 0.25) is 0 Å². The number of aromatic nitrogens is 2. The summed E-state index contributed by atoms with van der Waals surface area (Å²) in [5.41, 5.74) is 1.90. The Labute approximate surface area is 146 Å². The zero-order chi connectivity index (χ0) is 16.9. The number of likely N-dealkylation sites (tertiary alicyclic amines) is 1. The third kappa shape index (κ3) is 3.64. The first-order valence-electron chi connectivity index (χ1n) is 8.04. The Kier molecular flexibility index (Phi) is 5.25. The molecule has 1 aliphatic rings. The van der Waals surface area contributed by atoms with Crippen molar-refractivity contribution in [3.63, 3.8) is 0 Å². The van der Waals surface area contributed by atoms with Crippen LogP contribution in [0.5, 0.6) is 5.75 Å². The third-order valence-corrected chi connectivity index (χ3v) is 4.58. The molecule has 2 N–H and O–H groups in total. The van der Waals surface area contributed by atoms with Gasteiger partial charge in [-0.25, -0.2) is 4.79 Å². The minimum Gasteiger partial charge on any atom is -0.496 e. The van der Waals surface area contributed by atoms with Crippen molar-refractivity contribution in [2.75, 3.05) is 13.7 Å². The number of hydrogen-bond donors (Lipinski definition) is 2. The minimum atomic E-state index is -0.0806. The molecule has 0 spiro atoms. The molecule has 0 saturated carbocycles. The maximum Gasteiger partial charge on any atom is 0.318 e. The van der Waals surface area contributed by atoms with Crippen LogP contribution in [0.15, 0.2) is 30.6 Å². The number of carbonyl (C=O) groups excluding carboxylic acids is 1. The lowest BCUT2D eigenvalue weighted by Crippen LogP contribution is -2.44. The van der Waals surface area contributed by atoms with E-state index in [4.69, 9.17) is 16.3 Å². The van der Waals surface area contributed by atoms with Crippen LogP contribution in [0.4, 0.5) is 4.79 Å². The molecular weight excluding hydrogens is 328 g/mol. The average Bonchev–Trinajstić information content (AvgIpc) is 3.14. The van der Waals surface area contributed by atoms with Crippen LogP contribution < -0.4 is 10.1 Å². The molecule has 1 atom stereocenters. The second kappa shape index (κ2) is 7.57. The van der Waals surface area contributed by atoms with E-state index in [1.54, 1.807) is 25.4 Å². The largest absolute Gasteiger partial charge is 0.496 e. The first-order chi connectivity index (χ1) is 11.7. The Bertz CT molecular complexity index is 690. The number of carbonyl (C=O) groups is 1. The van der Waals surface area contributed by atoms with Crippen molar-refractivity contribution < 1.29 is 9.53 Å². The zero-order valence-corrected chi connectivity index (χ0v) is 14.3. The summed E-state index contributed by atoms with van der Waals surface area (Å²) in [7, 11) is 1.61. The molecule has 2 heterocycles. The van der Waals surface area contributed by atoms with Crippen molar-refractivity contribution in [2.45, 2.75) is 31.8 Å². The lowest BCUT2D eigenvalue weighted by atomic mass is 9.98. The zero-order valence-electron chi connectivity index (χ0n) is 13.6. The molecule has 7 heteroatoms. The second-order valence-corrected chi connectivity index (χ2v) is 6.29. The molecule has 1 aliphatic heterocycles. The molecule has 2 amide bonds. The molecule has 0 bridgehead atoms. The SMILES string of the molecule is COc1ccc(Cl)cc1CNC(=O)N1CCCC[C@@H]1c1cn[nH]c1. The maximum absolute atomic E-state index is 12.7. The van der Waals surface area contributed by atoms with Crippen molar-refractivity contribution in [1.82, 2.24) is 20.4 Å². The fraction of sp³-hybridized carbons (Fsp3) is 0.412. The summed E-state index contributed by atoms with van der Waals surface area (Å²) in [4.78, 5) is 14.6. The predicted molar refractivity (Wildman–Crippen MR) is 92.1 cm³/mol. The van der Waals surface area contributed by atoms with E-state index in [2.05, 4.69) is 15.5 Å². The Hall–Kier alpha value is -2.21. The molecule has 0 aliphatic carbocycles. The van der Waals surface area contributed by atoms with Crippen LogP contribution in [0, 0.1) is 0 Å². The van der Waals surface area contributed by atoms with E-state index in [1.807, 2.05) is 17.2 Å². The quantitative estimate of drug-likeness (QED) is 0.888. The molecule has 1 aromatic heterocycles. The van der Waals surface area contributed by atoms with Crippen molar-refractivity contribution in [3.8, 4) is 5.75 Å². The second-order valence-electron chi connectivity index (χ2n) is 5.85. The van der Waals surface area contributed by atoms with Gasteiger partial charge in [0, 0.05) is 35.4 Å². The summed E-state index contributed by atoms with van der Waals surface area (Å²) in [6.07, 6.45) is 6.73. The molecule has 3 rings (SSSR count). The first kappa shape index (κ1) is 16.6. The van der Waals surface area contributed by atoms with Crippen LogP contribution in [0.2, 0.25) is 5.02 Å². The van der Waals surface area contributed by atoms with E-state index in [9.17, 15) is 4.79 Å². The summed E-state index contributed by atoms with van der Waals surface area (Å²) in [6.45, 7) is 1.12. The monoisotopic (exact) mass is 348 g/mol. The number of urea groups is 1. The van der Waals surface area contributed by atoms with Gasteiger partial charge in [0.05, 0.1) is 19.3 Å². The molecule has 24 heavy (non-hydrogen) atoms. The fourth-order valence-corrected chi connectivity index (χ4v) is 3.32. The number of nitrogens with zero attached hydrogens (tertiary/aromatic N) is 2. The number of H-pyrrole nitrogens is 1. The van der Waals surface area contributed by atoms with E-state index in [0.717, 1.165) is 36.9 Å². The molecule has 2 aromatic rings. The van der Waals surface area contributed by atoms with E-state index in [-0.39, 0.29) is 12.1 Å². The molecule has 1 aromatic carbocycles. The van der Waals surface area contributed by atoms with Gasteiger partial charge in [-0.1, -0.05) is 11.6 Å². The number of nitrogens with one attached hydrogen (secondary N) is 2. The summed E-state index contributed by atoms with van der Waals surface area (Å²) in [5, 5.41) is 10.4. The topological polar surface area (TPSA) is 70.2 Å². The molecule has 1 fully saturated rings. The molecule has 1 saturated heterocycles. The average molecular weight is 349 g/mol. The minimum absolute atomic E-state index is 0.0683. The van der Waals surface area contributed by atoms with Gasteiger partial charge in [0.15, 0.2) is 0 Å². The normalized spacial score (nSPS) is 17.6. The number of ether oxygens (including phenoxy) is 1. The maximum atomic E-state index is 12.7. The smallest absolute Gasteiger partial charge is 0.318 e. The van der Waals surface area contributed by atoms with Crippen molar-refractivity contribution in [3.05, 3.63) is 46.7 Å². The molecule has 0 unspecified atom stereocenters. The van der Waals surface area contributed by atoms with Crippen LogP contribution >= 0.6 is 11.6 Å². The van der Waals surface area contributed by atoms with E-state index >= 15 is 0 Å². The van der Waals surface area contributed by atoms with Gasteiger partial charge in [-0.05, 0) is 37.5 Å². The number of amides is 2. The van der Waals surface area contributed by atoms with Crippen LogP contribution in [-0.2, 0) is 6.54 Å². The molecule has 0 radical (unpaired) electrons. The first-order valence-corrected chi connectivity index (χ1v) is 8.42. The van der Waals surface area contributed by atoms with Crippen LogP contribution in [0.3, 0.4) is 0 Å². The predicted octanol–water partition coefficient (Wildman–Crippen LogP) is 3.51. The standard InChI is InChI=1S/C17H21ClN4O2/c1-24-16-6-5-14(18)8-12(16)9-19-17(23)22-7-3-2-4-15(22)13-10-20-21-11-13/h5-6,8,10-11,15H,2-4,7,9H2,1H3,(H,19,23)(H,20,21)/t15-/m1/s1. The molecule has 6 nitrogen and oxygen atoms in total. The van der Waals surface area contributed by atoms with Crippen LogP contribution in [0.25, 0.3) is 0 Å². The molecular formula is C17H21ClN4O2. The van der Waals surface area contributed by atoms with E-state index < -0.39 is 0 Å². The lowest BCUT2D eigenvalue weighted by molar-refractivity contribution is 0.151. The van der Waals surface area contributed by atoms with E-state index in [0.29, 0.717) is 17.3 Å². The van der Waals surface area contributed by atoms with Crippen molar-refractivity contribution in [2.24, 2.45) is 0 Å². The summed E-state index contributed by atoms with van der Waals surface area (Å²) in [5.74, 6) is 0.713. The van der Waals surface area contributed by atoms with Crippen molar-refractivity contribution >= 4 is 17.6 Å². The van der Waals surface area contributed by atoms with Gasteiger partial charge in [-0.3, -0.25) is 5.10 Å². The number of methoxy groups -OCH3 is 1. The number of halogens is 1. The Morgan fingerprint density at radius 3 is 3.12 bits per heavy atom. The van der Waals surface area contributed by atoms with E-state index in [1.165, 1.54) is 0 Å². The van der Waals surface area contributed by atoms with Crippen LogP contribution in [0.1, 0.15) is 36.4 Å². The molecule has 128 valence electrons. The van der Waals surface area contributed by atoms with Gasteiger partial charge in [0.25, 0.3) is 0 Å². The van der Waals surface area contributed by atoms with Gasteiger partial charge in [-0.2, -0.15) is 5.10 Å². The lowest BCUT2D eigenvalue weighted by Gasteiger charge is -2.35. The van der Waals surface area contributed by atoms with Crippen molar-refractivity contribution in [1.29, 1.82) is 0 Å². The summed E-state index contributed by atoms with van der Waals surface area (Å²) in [6, 6.07) is 5.37. The third-order valence-electron chi connectivity index (χ3n) is 4.34. The summed E-state index contributed by atoms with van der Waals surface area (Å²) < 4.78 is 5.32. The number of piperidine rings is 1. The Morgan fingerprint density at radius 2 is 2.38 bits per heavy atom. The fourth-order valence-electron chi connectivity index (χ4n) is 3.12. The van der Waals surface area contributed by atoms with Crippen LogP contribution in [-0.4, -0.2) is 34.8 Å². The highest BCUT2D eigenvalue weighted by atomic mass is 35.5. The highest BCUT2D eigenvalue weighted by molar-refractivity contribution is 6.30. The highest BCUT2D eigenvalue weighted by Crippen LogP contribution is 2.30. The van der Waals surface area contributed by atoms with Gasteiger partial charge >= 0.3 is 6.03 Å². The van der Waals surface area contributed by atoms with Gasteiger partial charge in [0.1, 0.15) is 5.75 Å². The number of aromatic amines is 1. The summed E-state index contributed by atoms with van der Waals surface area (Å²) >= 11 is 6.04. The number of benzene rings is 1. The Balaban J connectivity index is 1.68. The van der Waals surface area contributed by atoms with Gasteiger partial charge < -0.3 is 15.0 Å².